The predicted octanol–water partition coefficient (Wildman–Crippen LogP) is 4.36. The minimum absolute atomic E-state index is 0.361. The highest BCUT2D eigenvalue weighted by atomic mass is 16.7. The van der Waals surface area contributed by atoms with Gasteiger partial charge < -0.3 is 14.0 Å². The van der Waals surface area contributed by atoms with E-state index in [0.717, 1.165) is 24.1 Å². The van der Waals surface area contributed by atoms with Crippen LogP contribution in [0.15, 0.2) is 36.4 Å². The summed E-state index contributed by atoms with van der Waals surface area (Å²) in [5, 5.41) is 0. The molecule has 1 aliphatic heterocycles. The van der Waals surface area contributed by atoms with Gasteiger partial charge >= 0.3 is 7.12 Å². The van der Waals surface area contributed by atoms with Crippen LogP contribution in [0.25, 0.3) is 0 Å². The molecular weight excluding hydrogens is 335 g/mol. The monoisotopic (exact) mass is 364 g/mol. The molecule has 2 aromatic rings. The Hall–Kier alpha value is -1.78. The summed E-state index contributed by atoms with van der Waals surface area (Å²) >= 11 is 0. The molecule has 0 atom stereocenters. The molecule has 0 aromatic heterocycles. The van der Waals surface area contributed by atoms with Gasteiger partial charge in [0.15, 0.2) is 0 Å². The molecule has 0 radical (unpaired) electrons. The highest BCUT2D eigenvalue weighted by Crippen LogP contribution is 2.39. The molecule has 1 aliphatic carbocycles. The lowest BCUT2D eigenvalue weighted by atomic mass is 9.74. The fourth-order valence-corrected chi connectivity index (χ4v) is 4.01. The minimum atomic E-state index is -0.397. The maximum atomic E-state index is 6.44. The van der Waals surface area contributed by atoms with E-state index in [1.54, 1.807) is 0 Å². The minimum Gasteiger partial charge on any atom is -0.489 e. The zero-order valence-corrected chi connectivity index (χ0v) is 17.1. The largest absolute Gasteiger partial charge is 0.498 e. The Morgan fingerprint density at radius 2 is 1.67 bits per heavy atom. The first kappa shape index (κ1) is 18.6. The third kappa shape index (κ3) is 3.30. The summed E-state index contributed by atoms with van der Waals surface area (Å²) in [6, 6.07) is 12.6. The smallest absolute Gasteiger partial charge is 0.489 e. The Balaban J connectivity index is 1.73. The number of hydrogen-bond donors (Lipinski definition) is 0. The van der Waals surface area contributed by atoms with Gasteiger partial charge in [-0.1, -0.05) is 36.4 Å². The Morgan fingerprint density at radius 3 is 2.33 bits per heavy atom. The first-order chi connectivity index (χ1) is 12.8. The zero-order chi connectivity index (χ0) is 19.2. The van der Waals surface area contributed by atoms with E-state index in [9.17, 15) is 0 Å². The van der Waals surface area contributed by atoms with Crippen LogP contribution in [0.1, 0.15) is 56.4 Å². The Bertz CT molecular complexity index is 826. The molecule has 1 saturated heterocycles. The summed E-state index contributed by atoms with van der Waals surface area (Å²) < 4.78 is 19.2. The van der Waals surface area contributed by atoms with Crippen molar-refractivity contribution in [1.82, 2.24) is 0 Å². The molecular formula is C23H29BO3. The van der Waals surface area contributed by atoms with Gasteiger partial charge in [-0.3, -0.25) is 0 Å². The van der Waals surface area contributed by atoms with Gasteiger partial charge in [-0.15, -0.1) is 0 Å². The molecule has 1 fully saturated rings. The molecule has 0 amide bonds. The van der Waals surface area contributed by atoms with Crippen molar-refractivity contribution >= 4 is 12.6 Å². The highest BCUT2D eigenvalue weighted by Gasteiger charge is 2.53. The van der Waals surface area contributed by atoms with Gasteiger partial charge in [-0.05, 0) is 76.1 Å². The van der Waals surface area contributed by atoms with E-state index in [0.29, 0.717) is 6.61 Å². The SMILES string of the molecule is Cc1cc2c(c(OCc3ccccc3)c1B1OC(C)(C)C(C)(C)O1)CCC2. The third-order valence-electron chi connectivity index (χ3n) is 6.31. The number of ether oxygens (including phenoxy) is 1. The lowest BCUT2D eigenvalue weighted by Gasteiger charge is -2.32. The van der Waals surface area contributed by atoms with Crippen molar-refractivity contribution in [3.63, 3.8) is 0 Å². The van der Waals surface area contributed by atoms with Crippen LogP contribution in [0.2, 0.25) is 0 Å². The van der Waals surface area contributed by atoms with E-state index < -0.39 is 7.12 Å². The summed E-state index contributed by atoms with van der Waals surface area (Å²) in [7, 11) is -0.397. The van der Waals surface area contributed by atoms with Crippen molar-refractivity contribution in [1.29, 1.82) is 0 Å². The van der Waals surface area contributed by atoms with Gasteiger partial charge in [0.1, 0.15) is 12.4 Å². The fraction of sp³-hybridized carbons (Fsp3) is 0.478. The molecule has 0 unspecified atom stereocenters. The zero-order valence-electron chi connectivity index (χ0n) is 17.1. The van der Waals surface area contributed by atoms with Crippen molar-refractivity contribution < 1.29 is 14.0 Å². The highest BCUT2D eigenvalue weighted by molar-refractivity contribution is 6.63. The molecule has 3 nitrogen and oxygen atoms in total. The van der Waals surface area contributed by atoms with Gasteiger partial charge in [0.2, 0.25) is 0 Å². The predicted molar refractivity (Wildman–Crippen MR) is 110 cm³/mol. The summed E-state index contributed by atoms with van der Waals surface area (Å²) in [6.07, 6.45) is 3.37. The number of aryl methyl sites for hydroxylation is 2. The maximum Gasteiger partial charge on any atom is 0.498 e. The maximum absolute atomic E-state index is 6.44. The van der Waals surface area contributed by atoms with E-state index in [-0.39, 0.29) is 11.2 Å². The molecule has 4 rings (SSSR count). The third-order valence-corrected chi connectivity index (χ3v) is 6.31. The summed E-state index contributed by atoms with van der Waals surface area (Å²) in [6.45, 7) is 11.1. The molecule has 0 saturated carbocycles. The van der Waals surface area contributed by atoms with Crippen LogP contribution in [-0.2, 0) is 28.8 Å². The van der Waals surface area contributed by atoms with Gasteiger partial charge in [-0.2, -0.15) is 0 Å². The molecule has 0 bridgehead atoms. The number of fused-ring (bicyclic) bond motifs is 1. The Morgan fingerprint density at radius 1 is 1.00 bits per heavy atom. The number of rotatable bonds is 4. The topological polar surface area (TPSA) is 27.7 Å². The molecule has 0 N–H and O–H groups in total. The van der Waals surface area contributed by atoms with Crippen LogP contribution >= 0.6 is 0 Å². The Labute approximate surface area is 163 Å². The van der Waals surface area contributed by atoms with E-state index in [1.165, 1.54) is 28.7 Å². The first-order valence-corrected chi connectivity index (χ1v) is 9.96. The van der Waals surface area contributed by atoms with E-state index in [4.69, 9.17) is 14.0 Å². The summed E-state index contributed by atoms with van der Waals surface area (Å²) in [5.41, 5.74) is 5.45. The van der Waals surface area contributed by atoms with Crippen molar-refractivity contribution in [2.24, 2.45) is 0 Å². The lowest BCUT2D eigenvalue weighted by Crippen LogP contribution is -2.41. The first-order valence-electron chi connectivity index (χ1n) is 9.96. The summed E-state index contributed by atoms with van der Waals surface area (Å²) in [4.78, 5) is 0. The van der Waals surface area contributed by atoms with Crippen molar-refractivity contribution in [2.45, 2.75) is 71.7 Å². The van der Waals surface area contributed by atoms with Crippen molar-refractivity contribution in [3.8, 4) is 5.75 Å². The number of benzene rings is 2. The standard InChI is InChI=1S/C23H29BO3/c1-16-14-18-12-9-13-19(18)21(25-15-17-10-7-6-8-11-17)20(16)24-26-22(2,3)23(4,5)27-24/h6-8,10-11,14H,9,12-13,15H2,1-5H3. The van der Waals surface area contributed by atoms with Crippen LogP contribution in [-0.4, -0.2) is 18.3 Å². The molecule has 142 valence electrons. The molecule has 4 heteroatoms. The normalized spacial score (nSPS) is 20.0. The van der Waals surface area contributed by atoms with E-state index in [2.05, 4.69) is 65.0 Å². The van der Waals surface area contributed by atoms with Crippen LogP contribution in [0.3, 0.4) is 0 Å². The molecule has 0 spiro atoms. The fourth-order valence-electron chi connectivity index (χ4n) is 4.01. The van der Waals surface area contributed by atoms with Gasteiger partial charge in [-0.25, -0.2) is 0 Å². The molecule has 2 aromatic carbocycles. The summed E-state index contributed by atoms with van der Waals surface area (Å²) in [5.74, 6) is 0.977. The average Bonchev–Trinajstić information content (AvgIpc) is 3.14. The van der Waals surface area contributed by atoms with Crippen LogP contribution in [0.4, 0.5) is 0 Å². The lowest BCUT2D eigenvalue weighted by molar-refractivity contribution is 0.00578. The van der Waals surface area contributed by atoms with Gasteiger partial charge in [0, 0.05) is 5.46 Å². The van der Waals surface area contributed by atoms with Crippen molar-refractivity contribution in [2.75, 3.05) is 0 Å². The molecule has 27 heavy (non-hydrogen) atoms. The van der Waals surface area contributed by atoms with Gasteiger partial charge in [0.25, 0.3) is 0 Å². The molecule has 1 heterocycles. The Kier molecular flexibility index (Phi) is 4.60. The van der Waals surface area contributed by atoms with E-state index >= 15 is 0 Å². The second-order valence-corrected chi connectivity index (χ2v) is 8.79. The van der Waals surface area contributed by atoms with E-state index in [1.807, 2.05) is 6.07 Å². The second kappa shape index (κ2) is 6.68. The second-order valence-electron chi connectivity index (χ2n) is 8.79. The van der Waals surface area contributed by atoms with Crippen LogP contribution in [0, 0.1) is 6.92 Å². The van der Waals surface area contributed by atoms with Crippen LogP contribution in [0.5, 0.6) is 5.75 Å². The quantitative estimate of drug-likeness (QED) is 0.755. The average molecular weight is 364 g/mol. The number of hydrogen-bond acceptors (Lipinski definition) is 3. The van der Waals surface area contributed by atoms with Crippen molar-refractivity contribution in [3.05, 3.63) is 58.7 Å². The molecule has 2 aliphatic rings. The van der Waals surface area contributed by atoms with Gasteiger partial charge in [0.05, 0.1) is 11.2 Å². The van der Waals surface area contributed by atoms with Crippen LogP contribution < -0.4 is 10.2 Å².